The molecule has 0 radical (unpaired) electrons. The Morgan fingerprint density at radius 3 is 2.58 bits per heavy atom. The van der Waals surface area contributed by atoms with Crippen LogP contribution < -0.4 is 4.90 Å². The first-order chi connectivity index (χ1) is 11.2. The highest BCUT2D eigenvalue weighted by molar-refractivity contribution is 8.13. The number of halogens is 1. The molecular formula is C16H21ClN2O4S. The van der Waals surface area contributed by atoms with Gasteiger partial charge in [-0.05, 0) is 32.0 Å². The van der Waals surface area contributed by atoms with Gasteiger partial charge in [0.25, 0.3) is 5.91 Å². The second-order valence-electron chi connectivity index (χ2n) is 5.81. The van der Waals surface area contributed by atoms with Gasteiger partial charge in [0, 0.05) is 53.9 Å². The second-order valence-corrected chi connectivity index (χ2v) is 8.63. The van der Waals surface area contributed by atoms with Crippen LogP contribution in [0.15, 0.2) is 24.3 Å². The molecule has 1 heterocycles. The number of hydrogen-bond donors (Lipinski definition) is 0. The summed E-state index contributed by atoms with van der Waals surface area (Å²) >= 11 is 0. The minimum Gasteiger partial charge on any atom is -0.339 e. The maximum atomic E-state index is 12.4. The molecule has 1 unspecified atom stereocenters. The van der Waals surface area contributed by atoms with Gasteiger partial charge in [-0.2, -0.15) is 0 Å². The van der Waals surface area contributed by atoms with Crippen molar-refractivity contribution in [3.8, 4) is 0 Å². The van der Waals surface area contributed by atoms with Crippen LogP contribution in [0.3, 0.4) is 0 Å². The van der Waals surface area contributed by atoms with E-state index in [0.29, 0.717) is 24.3 Å². The van der Waals surface area contributed by atoms with E-state index in [4.69, 9.17) is 10.7 Å². The molecule has 0 saturated carbocycles. The van der Waals surface area contributed by atoms with E-state index in [2.05, 4.69) is 0 Å². The minimum absolute atomic E-state index is 0.0895. The van der Waals surface area contributed by atoms with E-state index in [1.165, 1.54) is 4.90 Å². The number of anilines is 1. The zero-order chi connectivity index (χ0) is 17.9. The van der Waals surface area contributed by atoms with Gasteiger partial charge in [-0.15, -0.1) is 0 Å². The zero-order valence-corrected chi connectivity index (χ0v) is 15.3. The van der Waals surface area contributed by atoms with Crippen LogP contribution in [0.4, 0.5) is 5.69 Å². The van der Waals surface area contributed by atoms with E-state index >= 15 is 0 Å². The topological polar surface area (TPSA) is 74.8 Å². The third kappa shape index (κ3) is 4.48. The summed E-state index contributed by atoms with van der Waals surface area (Å²) in [6.45, 7) is 5.32. The molecule has 1 aromatic rings. The fourth-order valence-electron chi connectivity index (χ4n) is 2.92. The molecule has 24 heavy (non-hydrogen) atoms. The van der Waals surface area contributed by atoms with Crippen molar-refractivity contribution in [3.05, 3.63) is 29.8 Å². The van der Waals surface area contributed by atoms with Crippen LogP contribution in [0.1, 0.15) is 30.6 Å². The smallest absolute Gasteiger partial charge is 0.253 e. The van der Waals surface area contributed by atoms with Gasteiger partial charge in [-0.25, -0.2) is 8.42 Å². The van der Waals surface area contributed by atoms with Crippen molar-refractivity contribution in [1.82, 2.24) is 4.90 Å². The summed E-state index contributed by atoms with van der Waals surface area (Å²) in [7, 11) is 1.64. The lowest BCUT2D eigenvalue weighted by Gasteiger charge is -2.21. The lowest BCUT2D eigenvalue weighted by atomic mass is 10.1. The molecule has 0 aromatic heterocycles. The third-order valence-corrected chi connectivity index (χ3v) is 5.34. The van der Waals surface area contributed by atoms with E-state index in [0.717, 1.165) is 0 Å². The first-order valence-electron chi connectivity index (χ1n) is 7.87. The number of rotatable bonds is 6. The van der Waals surface area contributed by atoms with Crippen LogP contribution in [0, 0.1) is 5.92 Å². The number of amides is 2. The predicted molar refractivity (Wildman–Crippen MR) is 93.8 cm³/mol. The summed E-state index contributed by atoms with van der Waals surface area (Å²) in [6.07, 6.45) is 0.139. The highest BCUT2D eigenvalue weighted by Crippen LogP contribution is 2.27. The third-order valence-electron chi connectivity index (χ3n) is 4.10. The molecule has 0 aliphatic carbocycles. The summed E-state index contributed by atoms with van der Waals surface area (Å²) in [5.74, 6) is -0.808. The summed E-state index contributed by atoms with van der Waals surface area (Å²) in [5.41, 5.74) is 1.12. The van der Waals surface area contributed by atoms with Gasteiger partial charge in [-0.3, -0.25) is 9.59 Å². The molecule has 0 N–H and O–H groups in total. The van der Waals surface area contributed by atoms with E-state index in [-0.39, 0.29) is 36.5 Å². The Balaban J connectivity index is 2.20. The first kappa shape index (κ1) is 18.7. The number of nitrogens with zero attached hydrogens (tertiary/aromatic N) is 2. The van der Waals surface area contributed by atoms with Crippen LogP contribution >= 0.6 is 10.7 Å². The zero-order valence-electron chi connectivity index (χ0n) is 13.7. The van der Waals surface area contributed by atoms with Crippen molar-refractivity contribution in [2.75, 3.05) is 30.3 Å². The van der Waals surface area contributed by atoms with Gasteiger partial charge in [0.15, 0.2) is 0 Å². The van der Waals surface area contributed by atoms with Gasteiger partial charge in [0.2, 0.25) is 15.0 Å². The molecule has 132 valence electrons. The Bertz CT molecular complexity index is 731. The maximum absolute atomic E-state index is 12.4. The monoisotopic (exact) mass is 372 g/mol. The normalized spacial score (nSPS) is 18.0. The lowest BCUT2D eigenvalue weighted by molar-refractivity contribution is -0.117. The molecule has 2 rings (SSSR count). The standard InChI is InChI=1S/C16H21ClN2O4S/c1-3-18(4-2)16(21)13-6-5-7-14(9-13)19-10-12(8-15(19)20)11-24(17,22)23/h5-7,9,12H,3-4,8,10-11H2,1-2H3. The summed E-state index contributed by atoms with van der Waals surface area (Å²) < 4.78 is 22.4. The second kappa shape index (κ2) is 7.53. The SMILES string of the molecule is CCN(CC)C(=O)c1cccc(N2CC(CS(=O)(=O)Cl)CC2=O)c1. The van der Waals surface area contributed by atoms with Crippen LogP contribution in [-0.4, -0.2) is 50.5 Å². The Kier molecular flexibility index (Phi) is 5.87. The molecule has 8 heteroatoms. The van der Waals surface area contributed by atoms with Crippen LogP contribution in [0.2, 0.25) is 0 Å². The van der Waals surface area contributed by atoms with Crippen molar-refractivity contribution in [3.63, 3.8) is 0 Å². The van der Waals surface area contributed by atoms with E-state index in [9.17, 15) is 18.0 Å². The fourth-order valence-corrected chi connectivity index (χ4v) is 4.25. The molecule has 1 atom stereocenters. The molecule has 2 amide bonds. The molecule has 0 spiro atoms. The van der Waals surface area contributed by atoms with E-state index in [1.54, 1.807) is 29.2 Å². The Hall–Kier alpha value is -1.60. The number of carbonyl (C=O) groups is 2. The highest BCUT2D eigenvalue weighted by Gasteiger charge is 2.33. The average Bonchev–Trinajstić information content (AvgIpc) is 2.87. The quantitative estimate of drug-likeness (QED) is 0.716. The van der Waals surface area contributed by atoms with E-state index < -0.39 is 9.05 Å². The molecule has 1 aliphatic heterocycles. The van der Waals surface area contributed by atoms with Gasteiger partial charge in [0.05, 0.1) is 5.75 Å². The maximum Gasteiger partial charge on any atom is 0.253 e. The molecule has 1 saturated heterocycles. The van der Waals surface area contributed by atoms with Crippen LogP contribution in [-0.2, 0) is 13.8 Å². The summed E-state index contributed by atoms with van der Waals surface area (Å²) in [4.78, 5) is 27.8. The lowest BCUT2D eigenvalue weighted by Crippen LogP contribution is -2.31. The fraction of sp³-hybridized carbons (Fsp3) is 0.500. The Morgan fingerprint density at radius 2 is 2.00 bits per heavy atom. The van der Waals surface area contributed by atoms with Gasteiger partial charge in [-0.1, -0.05) is 6.07 Å². The molecule has 0 bridgehead atoms. The Labute approximate surface area is 146 Å². The molecule has 1 fully saturated rings. The van der Waals surface area contributed by atoms with Crippen LogP contribution in [0.25, 0.3) is 0 Å². The van der Waals surface area contributed by atoms with Gasteiger partial charge < -0.3 is 9.80 Å². The average molecular weight is 373 g/mol. The first-order valence-corrected chi connectivity index (χ1v) is 10.3. The van der Waals surface area contributed by atoms with Crippen molar-refractivity contribution in [1.29, 1.82) is 0 Å². The Morgan fingerprint density at radius 1 is 1.33 bits per heavy atom. The summed E-state index contributed by atoms with van der Waals surface area (Å²) in [5, 5.41) is 0. The molecule has 1 aromatic carbocycles. The van der Waals surface area contributed by atoms with Gasteiger partial charge >= 0.3 is 0 Å². The van der Waals surface area contributed by atoms with Crippen LogP contribution in [0.5, 0.6) is 0 Å². The van der Waals surface area contributed by atoms with Crippen molar-refractivity contribution in [2.24, 2.45) is 5.92 Å². The highest BCUT2D eigenvalue weighted by atomic mass is 35.7. The van der Waals surface area contributed by atoms with Crippen molar-refractivity contribution < 1.29 is 18.0 Å². The minimum atomic E-state index is -3.64. The molecule has 1 aliphatic rings. The van der Waals surface area contributed by atoms with E-state index in [1.807, 2.05) is 13.8 Å². The largest absolute Gasteiger partial charge is 0.339 e. The molecular weight excluding hydrogens is 352 g/mol. The summed E-state index contributed by atoms with van der Waals surface area (Å²) in [6, 6.07) is 6.86. The van der Waals surface area contributed by atoms with Crippen molar-refractivity contribution >= 4 is 37.2 Å². The number of benzene rings is 1. The number of carbonyl (C=O) groups excluding carboxylic acids is 2. The number of hydrogen-bond acceptors (Lipinski definition) is 4. The predicted octanol–water partition coefficient (Wildman–Crippen LogP) is 2.09. The van der Waals surface area contributed by atoms with Gasteiger partial charge in [0.1, 0.15) is 0 Å². The molecule has 6 nitrogen and oxygen atoms in total. The van der Waals surface area contributed by atoms with Crippen molar-refractivity contribution in [2.45, 2.75) is 20.3 Å².